The van der Waals surface area contributed by atoms with Crippen LogP contribution in [0.2, 0.25) is 0 Å². The summed E-state index contributed by atoms with van der Waals surface area (Å²) in [5.74, 6) is -0.0854. The van der Waals surface area contributed by atoms with E-state index in [-0.39, 0.29) is 10.7 Å². The van der Waals surface area contributed by atoms with E-state index < -0.39 is 24.3 Å². The Morgan fingerprint density at radius 2 is 1.62 bits per heavy atom. The number of carbonyl (C=O) groups excluding carboxylic acids is 1. The van der Waals surface area contributed by atoms with Crippen LogP contribution in [0.4, 0.5) is 0 Å². The van der Waals surface area contributed by atoms with Gasteiger partial charge in [-0.25, -0.2) is 4.79 Å². The van der Waals surface area contributed by atoms with Gasteiger partial charge in [0.2, 0.25) is 0 Å². The van der Waals surface area contributed by atoms with Gasteiger partial charge in [-0.3, -0.25) is 4.79 Å². The number of rotatable bonds is 7. The first-order valence-electron chi connectivity index (χ1n) is 9.10. The van der Waals surface area contributed by atoms with Crippen molar-refractivity contribution in [2.45, 2.75) is 45.8 Å². The molecule has 9 heteroatoms. The number of methoxy groups -OCH3 is 2. The molecule has 1 aliphatic rings. The summed E-state index contributed by atoms with van der Waals surface area (Å²) in [6.45, 7) is 9.21. The largest absolute Gasteiger partial charge is 0.493 e. The maximum absolute atomic E-state index is 11.8. The quantitative estimate of drug-likeness (QED) is 0.666. The Morgan fingerprint density at radius 3 is 2.07 bits per heavy atom. The maximum atomic E-state index is 11.8. The first kappa shape index (κ1) is 23.3. The molecule has 1 aliphatic heterocycles. The number of carbonyl (C=O) groups is 2. The fourth-order valence-corrected chi connectivity index (χ4v) is 3.35. The van der Waals surface area contributed by atoms with Gasteiger partial charge in [0.15, 0.2) is 16.6 Å². The van der Waals surface area contributed by atoms with E-state index in [1.165, 1.54) is 27.2 Å². The van der Waals surface area contributed by atoms with Gasteiger partial charge < -0.3 is 23.9 Å². The number of carboxylic acids is 1. The standard InChI is InChI=1S/C20H27BO7S/c1-12(22)29-11-14(21-27-19(2,3)20(4,5)28-21)8-13-9-16(25-6)17(26-7)10-15(13)18(23)24/h8-10H,11H2,1-7H3,(H,23,24). The zero-order valence-electron chi connectivity index (χ0n) is 17.8. The van der Waals surface area contributed by atoms with E-state index in [2.05, 4.69) is 0 Å². The molecule has 158 valence electrons. The molecule has 1 N–H and O–H groups in total. The number of hydrogen-bond acceptors (Lipinski definition) is 7. The molecule has 1 saturated heterocycles. The van der Waals surface area contributed by atoms with E-state index in [0.29, 0.717) is 28.3 Å². The van der Waals surface area contributed by atoms with Gasteiger partial charge in [-0.1, -0.05) is 17.8 Å². The summed E-state index contributed by atoms with van der Waals surface area (Å²) < 4.78 is 22.8. The van der Waals surface area contributed by atoms with Crippen molar-refractivity contribution in [3.05, 3.63) is 28.7 Å². The first-order chi connectivity index (χ1) is 13.4. The van der Waals surface area contributed by atoms with Gasteiger partial charge in [-0.05, 0) is 50.9 Å². The van der Waals surface area contributed by atoms with Crippen molar-refractivity contribution in [2.75, 3.05) is 20.0 Å². The van der Waals surface area contributed by atoms with Crippen molar-refractivity contribution in [3.63, 3.8) is 0 Å². The molecule has 0 amide bonds. The molecule has 0 aliphatic carbocycles. The van der Waals surface area contributed by atoms with Gasteiger partial charge >= 0.3 is 13.1 Å². The second kappa shape index (κ2) is 8.81. The molecule has 1 aromatic rings. The van der Waals surface area contributed by atoms with Crippen LogP contribution in [0.3, 0.4) is 0 Å². The van der Waals surface area contributed by atoms with Gasteiger partial charge in [-0.15, -0.1) is 0 Å². The van der Waals surface area contributed by atoms with Gasteiger partial charge in [0.25, 0.3) is 0 Å². The Bertz CT molecular complexity index is 816. The van der Waals surface area contributed by atoms with Crippen LogP contribution in [0.1, 0.15) is 50.5 Å². The summed E-state index contributed by atoms with van der Waals surface area (Å²) in [7, 11) is 2.21. The second-order valence-corrected chi connectivity index (χ2v) is 8.84. The van der Waals surface area contributed by atoms with E-state index in [4.69, 9.17) is 18.8 Å². The van der Waals surface area contributed by atoms with Crippen LogP contribution in [-0.2, 0) is 14.1 Å². The van der Waals surface area contributed by atoms with E-state index >= 15 is 0 Å². The van der Waals surface area contributed by atoms with Crippen LogP contribution in [0.5, 0.6) is 11.5 Å². The minimum absolute atomic E-state index is 0.0458. The summed E-state index contributed by atoms with van der Waals surface area (Å²) in [6, 6.07) is 3.00. The minimum atomic E-state index is -1.11. The molecule has 7 nitrogen and oxygen atoms in total. The van der Waals surface area contributed by atoms with E-state index in [1.54, 1.807) is 12.1 Å². The highest BCUT2D eigenvalue weighted by atomic mass is 32.2. The fourth-order valence-electron chi connectivity index (χ4n) is 2.76. The van der Waals surface area contributed by atoms with Crippen molar-refractivity contribution in [1.82, 2.24) is 0 Å². The zero-order chi connectivity index (χ0) is 22.0. The lowest BCUT2D eigenvalue weighted by Crippen LogP contribution is -2.41. The molecule has 1 heterocycles. The minimum Gasteiger partial charge on any atom is -0.493 e. The van der Waals surface area contributed by atoms with Crippen molar-refractivity contribution >= 4 is 36.0 Å². The molecule has 2 rings (SSSR count). The fraction of sp³-hybridized carbons (Fsp3) is 0.500. The topological polar surface area (TPSA) is 91.3 Å². The Kier molecular flexibility index (Phi) is 7.08. The number of benzene rings is 1. The molecule has 1 aromatic carbocycles. The number of aromatic carboxylic acids is 1. The molecule has 0 saturated carbocycles. The van der Waals surface area contributed by atoms with E-state index in [1.807, 2.05) is 27.7 Å². The summed E-state index contributed by atoms with van der Waals surface area (Å²) in [6.07, 6.45) is 1.68. The summed E-state index contributed by atoms with van der Waals surface area (Å²) in [5, 5.41) is 9.61. The van der Waals surface area contributed by atoms with Gasteiger partial charge in [0, 0.05) is 12.7 Å². The Morgan fingerprint density at radius 1 is 1.10 bits per heavy atom. The molecule has 0 radical (unpaired) electrons. The average Bonchev–Trinajstić information content (AvgIpc) is 2.84. The van der Waals surface area contributed by atoms with Crippen molar-refractivity contribution < 1.29 is 33.5 Å². The lowest BCUT2D eigenvalue weighted by Gasteiger charge is -2.32. The molecule has 0 bridgehead atoms. The third kappa shape index (κ3) is 5.15. The normalized spacial score (nSPS) is 17.9. The molecule has 0 spiro atoms. The van der Waals surface area contributed by atoms with Gasteiger partial charge in [-0.2, -0.15) is 0 Å². The second-order valence-electron chi connectivity index (χ2n) is 7.69. The molecule has 29 heavy (non-hydrogen) atoms. The van der Waals surface area contributed by atoms with Crippen LogP contribution in [0.25, 0.3) is 6.08 Å². The van der Waals surface area contributed by atoms with Crippen molar-refractivity contribution in [3.8, 4) is 11.5 Å². The molecule has 0 unspecified atom stereocenters. The highest BCUT2D eigenvalue weighted by Gasteiger charge is 2.52. The van der Waals surface area contributed by atoms with E-state index in [9.17, 15) is 14.7 Å². The third-order valence-electron chi connectivity index (χ3n) is 5.13. The third-order valence-corrected chi connectivity index (χ3v) is 6.01. The highest BCUT2D eigenvalue weighted by molar-refractivity contribution is 8.13. The first-order valence-corrected chi connectivity index (χ1v) is 10.1. The molecule has 0 atom stereocenters. The molecule has 1 fully saturated rings. The highest BCUT2D eigenvalue weighted by Crippen LogP contribution is 2.40. The Hall–Kier alpha value is -1.97. The lowest BCUT2D eigenvalue weighted by molar-refractivity contribution is -0.109. The molecular formula is C20H27BO7S. The molecular weight excluding hydrogens is 395 g/mol. The van der Waals surface area contributed by atoms with Crippen molar-refractivity contribution in [2.24, 2.45) is 0 Å². The number of hydrogen-bond donors (Lipinski definition) is 1. The zero-order valence-corrected chi connectivity index (χ0v) is 18.6. The predicted octanol–water partition coefficient (Wildman–Crippen LogP) is 3.70. The summed E-state index contributed by atoms with van der Waals surface area (Å²) >= 11 is 1.11. The van der Waals surface area contributed by atoms with Crippen LogP contribution < -0.4 is 9.47 Å². The number of ether oxygens (including phenoxy) is 2. The number of carboxylic acid groups (broad SMARTS) is 1. The van der Waals surface area contributed by atoms with Gasteiger partial charge in [0.05, 0.1) is 31.0 Å². The predicted molar refractivity (Wildman–Crippen MR) is 114 cm³/mol. The number of thioether (sulfide) groups is 1. The Balaban J connectivity index is 2.56. The SMILES string of the molecule is COc1cc(C=C(CSC(C)=O)B2OC(C)(C)C(C)(C)O2)c(C(=O)O)cc1OC. The maximum Gasteiger partial charge on any atom is 0.491 e. The van der Waals surface area contributed by atoms with Gasteiger partial charge in [0.1, 0.15) is 0 Å². The lowest BCUT2D eigenvalue weighted by atomic mass is 9.78. The average molecular weight is 422 g/mol. The Labute approximate surface area is 175 Å². The molecule has 0 aromatic heterocycles. The van der Waals surface area contributed by atoms with Crippen LogP contribution >= 0.6 is 11.8 Å². The smallest absolute Gasteiger partial charge is 0.491 e. The van der Waals surface area contributed by atoms with Crippen LogP contribution in [0.15, 0.2) is 17.6 Å². The van der Waals surface area contributed by atoms with E-state index in [0.717, 1.165) is 11.8 Å². The van der Waals surface area contributed by atoms with Crippen LogP contribution in [-0.4, -0.2) is 54.5 Å². The van der Waals surface area contributed by atoms with Crippen molar-refractivity contribution in [1.29, 1.82) is 0 Å². The monoisotopic (exact) mass is 422 g/mol. The van der Waals surface area contributed by atoms with Crippen LogP contribution in [0, 0.1) is 0 Å². The summed E-state index contributed by atoms with van der Waals surface area (Å²) in [4.78, 5) is 23.4. The summed E-state index contributed by atoms with van der Waals surface area (Å²) in [5.41, 5.74) is -0.0254.